The molecule has 0 amide bonds. The van der Waals surface area contributed by atoms with E-state index in [1.807, 2.05) is 6.20 Å². The molecule has 0 saturated heterocycles. The first-order valence-corrected chi connectivity index (χ1v) is 16.8. The maximum absolute atomic E-state index is 4.97. The van der Waals surface area contributed by atoms with Gasteiger partial charge in [0, 0.05) is 11.5 Å². The fourth-order valence-corrected chi connectivity index (χ4v) is 7.97. The zero-order valence-corrected chi connectivity index (χ0v) is 26.0. The van der Waals surface area contributed by atoms with Gasteiger partial charge in [0.15, 0.2) is 0 Å². The Morgan fingerprint density at radius 1 is 0.587 bits per heavy atom. The van der Waals surface area contributed by atoms with Gasteiger partial charge in [-0.1, -0.05) is 115 Å². The van der Waals surface area contributed by atoms with Crippen molar-refractivity contribution < 1.29 is 0 Å². The Morgan fingerprint density at radius 3 is 2.24 bits per heavy atom. The molecule has 2 nitrogen and oxygen atoms in total. The average Bonchev–Trinajstić information content (AvgIpc) is 3.15. The van der Waals surface area contributed by atoms with Crippen LogP contribution >= 0.6 is 0 Å². The molecule has 0 fully saturated rings. The van der Waals surface area contributed by atoms with Gasteiger partial charge in [-0.2, -0.15) is 0 Å². The fraction of sp³-hybridized carbons (Fsp3) is 0.182. The molecule has 4 aliphatic rings. The highest BCUT2D eigenvalue weighted by atomic mass is 14.8. The minimum Gasteiger partial charge on any atom is -0.257 e. The Labute approximate surface area is 271 Å². The number of aryl methyl sites for hydroxylation is 2. The second-order valence-corrected chi connectivity index (χ2v) is 13.1. The third-order valence-corrected chi connectivity index (χ3v) is 10.4. The Morgan fingerprint density at radius 2 is 1.35 bits per heavy atom. The van der Waals surface area contributed by atoms with Crippen LogP contribution in [0.5, 0.6) is 0 Å². The summed E-state index contributed by atoms with van der Waals surface area (Å²) in [6, 6.07) is 35.8. The molecule has 0 saturated carbocycles. The molecule has 5 aromatic rings. The third kappa shape index (κ3) is 4.81. The number of nitrogens with zero attached hydrogens (tertiary/aromatic N) is 2. The quantitative estimate of drug-likeness (QED) is 0.207. The average molecular weight is 593 g/mol. The highest BCUT2D eigenvalue weighted by Crippen LogP contribution is 2.51. The van der Waals surface area contributed by atoms with Crippen molar-refractivity contribution >= 4 is 11.1 Å². The van der Waals surface area contributed by atoms with Crippen LogP contribution in [-0.4, -0.2) is 9.97 Å². The summed E-state index contributed by atoms with van der Waals surface area (Å²) in [5.74, 6) is 0.403. The molecule has 1 aromatic heterocycles. The summed E-state index contributed by atoms with van der Waals surface area (Å²) in [5, 5.41) is 0. The van der Waals surface area contributed by atoms with Crippen molar-refractivity contribution in [2.75, 3.05) is 0 Å². The first-order valence-electron chi connectivity index (χ1n) is 16.8. The maximum Gasteiger partial charge on any atom is 0.0888 e. The van der Waals surface area contributed by atoms with Gasteiger partial charge < -0.3 is 0 Å². The molecule has 2 heteroatoms. The number of aromatic nitrogens is 2. The molecular weight excluding hydrogens is 556 g/mol. The van der Waals surface area contributed by atoms with E-state index >= 15 is 0 Å². The van der Waals surface area contributed by atoms with Crippen LogP contribution in [0.25, 0.3) is 44.7 Å². The van der Waals surface area contributed by atoms with Crippen LogP contribution < -0.4 is 0 Å². The molecule has 0 aliphatic heterocycles. The monoisotopic (exact) mass is 592 g/mol. The van der Waals surface area contributed by atoms with E-state index in [0.717, 1.165) is 43.4 Å². The molecular formula is C44H36N2. The molecule has 0 bridgehead atoms. The number of rotatable bonds is 4. The Hall–Kier alpha value is -5.08. The van der Waals surface area contributed by atoms with E-state index < -0.39 is 0 Å². The van der Waals surface area contributed by atoms with Gasteiger partial charge in [0.25, 0.3) is 0 Å². The minimum absolute atomic E-state index is 0.403. The van der Waals surface area contributed by atoms with E-state index in [1.165, 1.54) is 85.5 Å². The first kappa shape index (κ1) is 27.2. The van der Waals surface area contributed by atoms with Crippen molar-refractivity contribution in [3.05, 3.63) is 167 Å². The van der Waals surface area contributed by atoms with E-state index in [-0.39, 0.29) is 0 Å². The van der Waals surface area contributed by atoms with E-state index in [0.29, 0.717) is 5.92 Å². The number of benzene rings is 4. The van der Waals surface area contributed by atoms with Crippen molar-refractivity contribution in [3.8, 4) is 33.5 Å². The van der Waals surface area contributed by atoms with E-state index in [4.69, 9.17) is 9.97 Å². The third-order valence-electron chi connectivity index (χ3n) is 10.4. The largest absolute Gasteiger partial charge is 0.257 e. The summed E-state index contributed by atoms with van der Waals surface area (Å²) in [4.78, 5) is 9.70. The Kier molecular flexibility index (Phi) is 6.74. The van der Waals surface area contributed by atoms with Crippen molar-refractivity contribution in [2.24, 2.45) is 0 Å². The lowest BCUT2D eigenvalue weighted by Crippen LogP contribution is -2.14. The molecule has 1 unspecified atom stereocenters. The molecule has 0 radical (unpaired) electrons. The van der Waals surface area contributed by atoms with Gasteiger partial charge >= 0.3 is 0 Å². The van der Waals surface area contributed by atoms with Crippen molar-refractivity contribution in [1.82, 2.24) is 9.97 Å². The minimum atomic E-state index is 0.403. The summed E-state index contributed by atoms with van der Waals surface area (Å²) >= 11 is 0. The lowest BCUT2D eigenvalue weighted by Gasteiger charge is -2.34. The van der Waals surface area contributed by atoms with E-state index in [9.17, 15) is 0 Å². The normalized spacial score (nSPS) is 18.1. The van der Waals surface area contributed by atoms with Crippen LogP contribution in [0.1, 0.15) is 66.1 Å². The summed E-state index contributed by atoms with van der Waals surface area (Å²) in [6.45, 7) is 0. The summed E-state index contributed by atoms with van der Waals surface area (Å²) < 4.78 is 0. The van der Waals surface area contributed by atoms with Crippen molar-refractivity contribution in [3.63, 3.8) is 0 Å². The second-order valence-electron chi connectivity index (χ2n) is 13.1. The molecule has 4 aliphatic carbocycles. The van der Waals surface area contributed by atoms with Gasteiger partial charge in [-0.25, -0.2) is 4.98 Å². The van der Waals surface area contributed by atoms with Crippen LogP contribution in [0.15, 0.2) is 139 Å². The lowest BCUT2D eigenvalue weighted by molar-refractivity contribution is 0.650. The number of hydrogen-bond donors (Lipinski definition) is 0. The Bertz CT molecular complexity index is 2120. The van der Waals surface area contributed by atoms with Crippen molar-refractivity contribution in [2.45, 2.75) is 50.9 Å². The van der Waals surface area contributed by atoms with E-state index in [2.05, 4.69) is 121 Å². The standard InChI is InChI=1S/C44H36N2/c1-2-15-38-36(13-1)37-14-3-4-16-39(37)41-27-35(23-24-40(38)41)34-12-8-11-33(26-34)32-10-7-9-31(25-32)29-19-21-30(22-20-29)44-28-45-42-17-5-6-18-43(42)46-44/h1-4,7,9-11,13-16,19-26,28,41H,5-6,8,12,17-18,27H2. The fourth-order valence-electron chi connectivity index (χ4n) is 7.97. The summed E-state index contributed by atoms with van der Waals surface area (Å²) in [5.41, 5.74) is 19.6. The molecule has 9 rings (SSSR count). The molecule has 46 heavy (non-hydrogen) atoms. The predicted octanol–water partition coefficient (Wildman–Crippen LogP) is 11.0. The van der Waals surface area contributed by atoms with Crippen LogP contribution in [-0.2, 0) is 12.8 Å². The summed E-state index contributed by atoms with van der Waals surface area (Å²) in [7, 11) is 0. The smallest absolute Gasteiger partial charge is 0.0888 e. The van der Waals surface area contributed by atoms with E-state index in [1.54, 1.807) is 0 Å². The van der Waals surface area contributed by atoms with Crippen LogP contribution in [0.2, 0.25) is 0 Å². The number of hydrogen-bond acceptors (Lipinski definition) is 2. The van der Waals surface area contributed by atoms with Gasteiger partial charge in [0.1, 0.15) is 0 Å². The topological polar surface area (TPSA) is 25.8 Å². The van der Waals surface area contributed by atoms with Gasteiger partial charge in [0.2, 0.25) is 0 Å². The first-order chi connectivity index (χ1) is 22.8. The zero-order valence-electron chi connectivity index (χ0n) is 26.0. The molecule has 0 N–H and O–H groups in total. The molecule has 4 aromatic carbocycles. The summed E-state index contributed by atoms with van der Waals surface area (Å²) in [6.07, 6.45) is 19.4. The predicted molar refractivity (Wildman–Crippen MR) is 190 cm³/mol. The van der Waals surface area contributed by atoms with Gasteiger partial charge in [-0.05, 0) is 112 Å². The van der Waals surface area contributed by atoms with Gasteiger partial charge in [-0.3, -0.25) is 4.98 Å². The van der Waals surface area contributed by atoms with Gasteiger partial charge in [-0.15, -0.1) is 0 Å². The van der Waals surface area contributed by atoms with Crippen LogP contribution in [0, 0.1) is 0 Å². The maximum atomic E-state index is 4.97. The molecule has 1 heterocycles. The van der Waals surface area contributed by atoms with Gasteiger partial charge in [0.05, 0.1) is 23.3 Å². The van der Waals surface area contributed by atoms with Crippen LogP contribution in [0.3, 0.4) is 0 Å². The zero-order chi connectivity index (χ0) is 30.5. The number of allylic oxidation sites excluding steroid dienone is 8. The lowest BCUT2D eigenvalue weighted by atomic mass is 9.70. The molecule has 0 spiro atoms. The Balaban J connectivity index is 0.988. The van der Waals surface area contributed by atoms with Crippen molar-refractivity contribution in [1.29, 1.82) is 0 Å². The SMILES string of the molecule is C1=C(C2=CC=C3c4ccccc4-c4ccccc4C3C2)CCC=C1c1cccc(-c2ccc(-c3cnc4c(n3)CCCC4)cc2)c1. The molecule has 1 atom stereocenters. The number of fused-ring (bicyclic) bond motifs is 7. The van der Waals surface area contributed by atoms with Crippen LogP contribution in [0.4, 0.5) is 0 Å². The highest BCUT2D eigenvalue weighted by Gasteiger charge is 2.31. The highest BCUT2D eigenvalue weighted by molar-refractivity contribution is 5.92. The molecule has 222 valence electrons. The second kappa shape index (κ2) is 11.4.